The summed E-state index contributed by atoms with van der Waals surface area (Å²) in [6.45, 7) is 8.99. The van der Waals surface area contributed by atoms with Crippen molar-refractivity contribution < 1.29 is 28.6 Å². The number of ether oxygens (including phenoxy) is 3. The fourth-order valence-electron chi connectivity index (χ4n) is 7.69. The van der Waals surface area contributed by atoms with Gasteiger partial charge in [0.2, 0.25) is 0 Å². The van der Waals surface area contributed by atoms with E-state index in [9.17, 15) is 14.4 Å². The highest BCUT2D eigenvalue weighted by molar-refractivity contribution is 5.71. The summed E-state index contributed by atoms with van der Waals surface area (Å²) in [7, 11) is 0. The lowest BCUT2D eigenvalue weighted by atomic mass is 10.0. The van der Waals surface area contributed by atoms with Crippen LogP contribution < -0.4 is 0 Å². The second kappa shape index (κ2) is 45.5. The number of hydrogen-bond donors (Lipinski definition) is 0. The van der Waals surface area contributed by atoms with Crippen LogP contribution in [0.25, 0.3) is 0 Å². The summed E-state index contributed by atoms with van der Waals surface area (Å²) in [6.07, 6.45) is 46.7. The van der Waals surface area contributed by atoms with Gasteiger partial charge in [-0.25, -0.2) is 0 Å². The maximum absolute atomic E-state index is 12.7. The topological polar surface area (TPSA) is 78.9 Å². The van der Waals surface area contributed by atoms with Gasteiger partial charge >= 0.3 is 17.9 Å². The summed E-state index contributed by atoms with van der Waals surface area (Å²) in [5, 5.41) is 0. The second-order valence-electron chi connectivity index (χ2n) is 17.9. The lowest BCUT2D eigenvalue weighted by Crippen LogP contribution is -2.30. The third-order valence-corrected chi connectivity index (χ3v) is 11.5. The standard InChI is InChI=1S/C51H98O6/c1-5-7-9-11-13-14-15-16-17-18-21-24-27-31-35-39-43-50(53)56-46-48(45-55-49(52)42-38-34-29-12-10-8-6-2)57-51(54)44-40-36-32-28-25-22-19-20-23-26-30-33-37-41-47(3)4/h47-48H,5-46H2,1-4H3/t48-/m1/s1. The molecule has 0 heterocycles. The molecule has 0 amide bonds. The van der Waals surface area contributed by atoms with E-state index in [4.69, 9.17) is 14.2 Å². The first-order valence-electron chi connectivity index (χ1n) is 25.4. The van der Waals surface area contributed by atoms with Crippen molar-refractivity contribution in [3.05, 3.63) is 0 Å². The summed E-state index contributed by atoms with van der Waals surface area (Å²) in [4.78, 5) is 37.7. The third-order valence-electron chi connectivity index (χ3n) is 11.5. The summed E-state index contributed by atoms with van der Waals surface area (Å²) >= 11 is 0. The number of hydrogen-bond acceptors (Lipinski definition) is 6. The van der Waals surface area contributed by atoms with Crippen molar-refractivity contribution in [2.75, 3.05) is 13.2 Å². The van der Waals surface area contributed by atoms with E-state index in [0.717, 1.165) is 63.7 Å². The number of carbonyl (C=O) groups is 3. The van der Waals surface area contributed by atoms with Crippen molar-refractivity contribution in [2.24, 2.45) is 5.92 Å². The van der Waals surface area contributed by atoms with Gasteiger partial charge in [0.1, 0.15) is 13.2 Å². The first kappa shape index (κ1) is 55.4. The zero-order valence-corrected chi connectivity index (χ0v) is 38.8. The summed E-state index contributed by atoms with van der Waals surface area (Å²) in [5.41, 5.74) is 0. The maximum atomic E-state index is 12.7. The molecule has 0 bridgehead atoms. The van der Waals surface area contributed by atoms with Crippen LogP contribution in [0.5, 0.6) is 0 Å². The van der Waals surface area contributed by atoms with E-state index in [1.807, 2.05) is 0 Å². The number of unbranched alkanes of at least 4 members (excludes halogenated alkanes) is 33. The lowest BCUT2D eigenvalue weighted by molar-refractivity contribution is -0.167. The molecule has 57 heavy (non-hydrogen) atoms. The molecule has 6 nitrogen and oxygen atoms in total. The van der Waals surface area contributed by atoms with Crippen molar-refractivity contribution >= 4 is 17.9 Å². The van der Waals surface area contributed by atoms with Crippen molar-refractivity contribution in [2.45, 2.75) is 291 Å². The Bertz CT molecular complexity index is 857. The van der Waals surface area contributed by atoms with E-state index in [-0.39, 0.29) is 31.1 Å². The Kier molecular flexibility index (Phi) is 44.2. The SMILES string of the molecule is CCCCCCCCCCCCCCCCCCC(=O)OC[C@@H](COC(=O)CCCCCCCCC)OC(=O)CCCCCCCCCCCCCCCC(C)C. The predicted octanol–water partition coefficient (Wildman–Crippen LogP) is 16.3. The summed E-state index contributed by atoms with van der Waals surface area (Å²) in [5.74, 6) is -0.0140. The van der Waals surface area contributed by atoms with Crippen LogP contribution >= 0.6 is 0 Å². The Balaban J connectivity index is 4.20. The molecule has 0 aromatic carbocycles. The molecule has 0 rings (SSSR count). The van der Waals surface area contributed by atoms with Gasteiger partial charge in [0.05, 0.1) is 0 Å². The van der Waals surface area contributed by atoms with Gasteiger partial charge in [-0.05, 0) is 25.2 Å². The molecule has 0 aliphatic carbocycles. The van der Waals surface area contributed by atoms with E-state index in [2.05, 4.69) is 27.7 Å². The molecule has 0 aromatic heterocycles. The largest absolute Gasteiger partial charge is 0.462 e. The minimum Gasteiger partial charge on any atom is -0.462 e. The van der Waals surface area contributed by atoms with Gasteiger partial charge in [-0.15, -0.1) is 0 Å². The molecule has 1 atom stereocenters. The molecule has 0 fully saturated rings. The van der Waals surface area contributed by atoms with Crippen LogP contribution in [0, 0.1) is 5.92 Å². The van der Waals surface area contributed by atoms with Crippen LogP contribution in [0.2, 0.25) is 0 Å². The van der Waals surface area contributed by atoms with Crippen LogP contribution in [0.15, 0.2) is 0 Å². The Morgan fingerprint density at radius 2 is 0.579 bits per heavy atom. The average molecular weight is 807 g/mol. The fraction of sp³-hybridized carbons (Fsp3) is 0.941. The van der Waals surface area contributed by atoms with E-state index in [1.54, 1.807) is 0 Å². The number of rotatable bonds is 46. The minimum absolute atomic E-state index is 0.0632. The maximum Gasteiger partial charge on any atom is 0.306 e. The van der Waals surface area contributed by atoms with Gasteiger partial charge in [0, 0.05) is 19.3 Å². The van der Waals surface area contributed by atoms with Gasteiger partial charge in [0.25, 0.3) is 0 Å². The van der Waals surface area contributed by atoms with E-state index in [1.165, 1.54) is 180 Å². The first-order valence-corrected chi connectivity index (χ1v) is 25.4. The molecule has 0 saturated heterocycles. The molecule has 0 aromatic rings. The molecule has 0 N–H and O–H groups in total. The van der Waals surface area contributed by atoms with Crippen molar-refractivity contribution in [3.8, 4) is 0 Å². The molecule has 0 aliphatic heterocycles. The molecular formula is C51H98O6. The zero-order valence-electron chi connectivity index (χ0n) is 38.8. The predicted molar refractivity (Wildman–Crippen MR) is 243 cm³/mol. The van der Waals surface area contributed by atoms with Crippen molar-refractivity contribution in [1.29, 1.82) is 0 Å². The second-order valence-corrected chi connectivity index (χ2v) is 17.9. The summed E-state index contributed by atoms with van der Waals surface area (Å²) in [6, 6.07) is 0. The molecular weight excluding hydrogens is 709 g/mol. The third kappa shape index (κ3) is 45.3. The first-order chi connectivity index (χ1) is 27.9. The van der Waals surface area contributed by atoms with Crippen molar-refractivity contribution in [1.82, 2.24) is 0 Å². The highest BCUT2D eigenvalue weighted by Gasteiger charge is 2.19. The quantitative estimate of drug-likeness (QED) is 0.0346. The zero-order chi connectivity index (χ0) is 41.7. The van der Waals surface area contributed by atoms with Crippen LogP contribution in [0.3, 0.4) is 0 Å². The normalized spacial score (nSPS) is 11.9. The van der Waals surface area contributed by atoms with E-state index < -0.39 is 6.10 Å². The van der Waals surface area contributed by atoms with Crippen LogP contribution in [-0.2, 0) is 28.6 Å². The average Bonchev–Trinajstić information content (AvgIpc) is 3.19. The monoisotopic (exact) mass is 807 g/mol. The Hall–Kier alpha value is -1.59. The van der Waals surface area contributed by atoms with Gasteiger partial charge < -0.3 is 14.2 Å². The number of carbonyl (C=O) groups excluding carboxylic acids is 3. The van der Waals surface area contributed by atoms with E-state index >= 15 is 0 Å². The summed E-state index contributed by atoms with van der Waals surface area (Å²) < 4.78 is 16.7. The Morgan fingerprint density at radius 1 is 0.333 bits per heavy atom. The molecule has 0 saturated carbocycles. The van der Waals surface area contributed by atoms with Crippen LogP contribution in [0.1, 0.15) is 285 Å². The number of esters is 3. The Morgan fingerprint density at radius 3 is 0.860 bits per heavy atom. The van der Waals surface area contributed by atoms with Gasteiger partial charge in [0.15, 0.2) is 6.10 Å². The smallest absolute Gasteiger partial charge is 0.306 e. The molecule has 6 heteroatoms. The fourth-order valence-corrected chi connectivity index (χ4v) is 7.69. The molecule has 0 spiro atoms. The van der Waals surface area contributed by atoms with Gasteiger partial charge in [-0.3, -0.25) is 14.4 Å². The molecule has 0 unspecified atom stereocenters. The minimum atomic E-state index is -0.759. The van der Waals surface area contributed by atoms with Gasteiger partial charge in [-0.2, -0.15) is 0 Å². The van der Waals surface area contributed by atoms with Crippen LogP contribution in [-0.4, -0.2) is 37.2 Å². The Labute approximate surface area is 355 Å². The van der Waals surface area contributed by atoms with E-state index in [0.29, 0.717) is 19.3 Å². The highest BCUT2D eigenvalue weighted by Crippen LogP contribution is 2.17. The highest BCUT2D eigenvalue weighted by atomic mass is 16.6. The molecule has 338 valence electrons. The molecule has 0 radical (unpaired) electrons. The molecule has 0 aliphatic rings. The van der Waals surface area contributed by atoms with Crippen molar-refractivity contribution in [3.63, 3.8) is 0 Å². The van der Waals surface area contributed by atoms with Gasteiger partial charge in [-0.1, -0.05) is 246 Å². The van der Waals surface area contributed by atoms with Crippen LogP contribution in [0.4, 0.5) is 0 Å². The lowest BCUT2D eigenvalue weighted by Gasteiger charge is -2.18.